The molecule has 0 aliphatic rings. The lowest BCUT2D eigenvalue weighted by molar-refractivity contribution is 0.562. The van der Waals surface area contributed by atoms with Gasteiger partial charge in [-0.25, -0.2) is 0 Å². The van der Waals surface area contributed by atoms with Crippen LogP contribution in [0.25, 0.3) is 0 Å². The molecule has 0 saturated carbocycles. The van der Waals surface area contributed by atoms with Gasteiger partial charge in [-0.15, -0.1) is 0 Å². The van der Waals surface area contributed by atoms with Gasteiger partial charge >= 0.3 is 0 Å². The van der Waals surface area contributed by atoms with E-state index in [1.54, 1.807) is 12.5 Å². The van der Waals surface area contributed by atoms with Gasteiger partial charge in [0.05, 0.1) is 25.1 Å². The van der Waals surface area contributed by atoms with E-state index in [0.717, 1.165) is 24.3 Å². The normalized spacial score (nSPS) is 11.8. The van der Waals surface area contributed by atoms with Crippen molar-refractivity contribution >= 4 is 11.8 Å². The largest absolute Gasteiger partial charge is 0.472 e. The molecule has 2 aromatic rings. The average molecular weight is 359 g/mol. The molecule has 0 aromatic carbocycles. The van der Waals surface area contributed by atoms with Crippen LogP contribution in [0.1, 0.15) is 49.7 Å². The molecule has 0 aliphatic carbocycles. The predicted molar refractivity (Wildman–Crippen MR) is 108 cm³/mol. The number of thioether (sulfide) groups is 1. The van der Waals surface area contributed by atoms with Crippen LogP contribution in [0.5, 0.6) is 0 Å². The second-order valence-corrected chi connectivity index (χ2v) is 7.31. The lowest BCUT2D eigenvalue weighted by Crippen LogP contribution is -1.82. The predicted octanol–water partition coefficient (Wildman–Crippen LogP) is 6.84. The van der Waals surface area contributed by atoms with Crippen molar-refractivity contribution in [3.05, 3.63) is 72.6 Å². The highest BCUT2D eigenvalue weighted by Crippen LogP contribution is 2.09. The molecule has 2 heterocycles. The number of allylic oxidation sites excluding steroid dienone is 2. The quantitative estimate of drug-likeness (QED) is 0.273. The first-order valence-corrected chi connectivity index (χ1v) is 10.5. The van der Waals surface area contributed by atoms with Crippen molar-refractivity contribution < 1.29 is 8.83 Å². The maximum Gasteiger partial charge on any atom is 0.0934 e. The van der Waals surface area contributed by atoms with Crippen LogP contribution < -0.4 is 0 Å². The Hall–Kier alpha value is -1.61. The molecular weight excluding hydrogens is 328 g/mol. The van der Waals surface area contributed by atoms with E-state index in [4.69, 9.17) is 8.83 Å². The summed E-state index contributed by atoms with van der Waals surface area (Å²) in [7, 11) is 0. The van der Waals surface area contributed by atoms with Gasteiger partial charge in [0, 0.05) is 11.5 Å². The molecule has 0 fully saturated rings. The van der Waals surface area contributed by atoms with E-state index >= 15 is 0 Å². The monoisotopic (exact) mass is 358 g/mol. The highest BCUT2D eigenvalue weighted by molar-refractivity contribution is 7.99. The fourth-order valence-corrected chi connectivity index (χ4v) is 3.31. The second kappa shape index (κ2) is 13.7. The van der Waals surface area contributed by atoms with Crippen molar-refractivity contribution in [1.29, 1.82) is 0 Å². The van der Waals surface area contributed by atoms with E-state index in [1.807, 2.05) is 24.3 Å². The Labute approximate surface area is 156 Å². The lowest BCUT2D eigenvalue weighted by Gasteiger charge is -1.96. The van der Waals surface area contributed by atoms with E-state index in [2.05, 4.69) is 36.4 Å². The van der Waals surface area contributed by atoms with E-state index in [-0.39, 0.29) is 0 Å². The van der Waals surface area contributed by atoms with Gasteiger partial charge in [0.2, 0.25) is 0 Å². The van der Waals surface area contributed by atoms with Gasteiger partial charge in [-0.05, 0) is 74.6 Å². The van der Waals surface area contributed by atoms with Crippen LogP contribution in [0.3, 0.4) is 0 Å². The second-order valence-electron chi connectivity index (χ2n) is 6.24. The summed E-state index contributed by atoms with van der Waals surface area (Å²) in [5, 5.41) is 0. The van der Waals surface area contributed by atoms with Gasteiger partial charge in [0.25, 0.3) is 0 Å². The summed E-state index contributed by atoms with van der Waals surface area (Å²) < 4.78 is 10.1. The highest BCUT2D eigenvalue weighted by Gasteiger charge is 1.94. The first-order chi connectivity index (χ1) is 12.4. The molecule has 2 aromatic heterocycles. The molecule has 0 spiro atoms. The van der Waals surface area contributed by atoms with Gasteiger partial charge in [-0.2, -0.15) is 11.8 Å². The lowest BCUT2D eigenvalue weighted by atomic mass is 10.1. The number of furan rings is 2. The van der Waals surface area contributed by atoms with E-state index in [0.29, 0.717) is 0 Å². The number of hydrogen-bond acceptors (Lipinski definition) is 3. The molecule has 3 heteroatoms. The molecule has 0 aliphatic heterocycles. The Bertz CT molecular complexity index is 515. The van der Waals surface area contributed by atoms with Crippen molar-refractivity contribution in [3.63, 3.8) is 0 Å². The van der Waals surface area contributed by atoms with Gasteiger partial charge < -0.3 is 8.83 Å². The third-order valence-electron chi connectivity index (χ3n) is 4.09. The first kappa shape index (κ1) is 19.7. The van der Waals surface area contributed by atoms with Crippen molar-refractivity contribution in [3.8, 4) is 0 Å². The molecule has 0 unspecified atom stereocenters. The average Bonchev–Trinajstić information content (AvgIpc) is 3.32. The van der Waals surface area contributed by atoms with Gasteiger partial charge in [-0.3, -0.25) is 0 Å². The SMILES string of the molecule is C(=C\CSC/C=C/CCCCc1ccoc1)/CCCCc1ccoc1. The molecule has 136 valence electrons. The van der Waals surface area contributed by atoms with Crippen LogP contribution in [-0.2, 0) is 12.8 Å². The number of hydrogen-bond donors (Lipinski definition) is 0. The van der Waals surface area contributed by atoms with Crippen LogP contribution in [0.4, 0.5) is 0 Å². The van der Waals surface area contributed by atoms with Crippen molar-refractivity contribution in [2.75, 3.05) is 11.5 Å². The molecule has 0 amide bonds. The van der Waals surface area contributed by atoms with Crippen LogP contribution >= 0.6 is 11.8 Å². The fraction of sp³-hybridized carbons (Fsp3) is 0.455. The zero-order valence-corrected chi connectivity index (χ0v) is 15.9. The van der Waals surface area contributed by atoms with Crippen molar-refractivity contribution in [1.82, 2.24) is 0 Å². The molecule has 0 N–H and O–H groups in total. The van der Waals surface area contributed by atoms with Gasteiger partial charge in [0.1, 0.15) is 0 Å². The minimum absolute atomic E-state index is 1.12. The van der Waals surface area contributed by atoms with Gasteiger partial charge in [-0.1, -0.05) is 24.3 Å². The summed E-state index contributed by atoms with van der Waals surface area (Å²) >= 11 is 1.98. The van der Waals surface area contributed by atoms with E-state index in [9.17, 15) is 0 Å². The topological polar surface area (TPSA) is 26.3 Å². The summed E-state index contributed by atoms with van der Waals surface area (Å²) in [5.74, 6) is 2.24. The number of rotatable bonds is 14. The van der Waals surface area contributed by atoms with Crippen LogP contribution in [0, 0.1) is 0 Å². The summed E-state index contributed by atoms with van der Waals surface area (Å²) in [6.07, 6.45) is 26.1. The summed E-state index contributed by atoms with van der Waals surface area (Å²) in [5.41, 5.74) is 2.63. The molecule has 0 radical (unpaired) electrons. The van der Waals surface area contributed by atoms with E-state index < -0.39 is 0 Å². The zero-order valence-electron chi connectivity index (χ0n) is 15.1. The minimum Gasteiger partial charge on any atom is -0.472 e. The maximum atomic E-state index is 5.07. The Balaban J connectivity index is 1.32. The zero-order chi connectivity index (χ0) is 17.4. The first-order valence-electron chi connectivity index (χ1n) is 9.35. The Morgan fingerprint density at radius 2 is 1.20 bits per heavy atom. The molecule has 0 atom stereocenters. The number of aryl methyl sites for hydroxylation is 2. The molecule has 25 heavy (non-hydrogen) atoms. The Kier molecular flexibility index (Phi) is 10.8. The summed E-state index contributed by atoms with van der Waals surface area (Å²) in [6, 6.07) is 4.11. The molecule has 2 nitrogen and oxygen atoms in total. The summed E-state index contributed by atoms with van der Waals surface area (Å²) in [4.78, 5) is 0. The van der Waals surface area contributed by atoms with Crippen LogP contribution in [-0.4, -0.2) is 11.5 Å². The van der Waals surface area contributed by atoms with E-state index in [1.165, 1.54) is 49.7 Å². The molecule has 0 bridgehead atoms. The third-order valence-corrected chi connectivity index (χ3v) is 4.95. The number of unbranched alkanes of at least 4 members (excludes halogenated alkanes) is 4. The Morgan fingerprint density at radius 3 is 1.64 bits per heavy atom. The van der Waals surface area contributed by atoms with Crippen LogP contribution in [0.15, 0.2) is 70.3 Å². The fourth-order valence-electron chi connectivity index (χ4n) is 2.63. The molecule has 0 saturated heterocycles. The third kappa shape index (κ3) is 10.1. The van der Waals surface area contributed by atoms with Crippen molar-refractivity contribution in [2.45, 2.75) is 51.4 Å². The van der Waals surface area contributed by atoms with Gasteiger partial charge in [0.15, 0.2) is 0 Å². The van der Waals surface area contributed by atoms with Crippen LogP contribution in [0.2, 0.25) is 0 Å². The molecular formula is C22H30O2S. The maximum absolute atomic E-state index is 5.07. The minimum atomic E-state index is 1.12. The Morgan fingerprint density at radius 1 is 0.680 bits per heavy atom. The molecule has 2 rings (SSSR count). The summed E-state index contributed by atoms with van der Waals surface area (Å²) in [6.45, 7) is 0. The standard InChI is InChI=1S/C22H30O2S/c1(3-7-11-21-13-15-23-19-21)5-9-17-25-18-10-6-2-4-8-12-22-14-16-24-20-22/h5-6,9-10,13-16,19-20H,1-4,7-8,11-12,17-18H2/b9-5+,10-6+. The highest BCUT2D eigenvalue weighted by atomic mass is 32.2. The smallest absolute Gasteiger partial charge is 0.0934 e. The van der Waals surface area contributed by atoms with Crippen molar-refractivity contribution in [2.24, 2.45) is 0 Å².